The van der Waals surface area contributed by atoms with E-state index in [1.54, 1.807) is 14.1 Å². The van der Waals surface area contributed by atoms with Crippen molar-refractivity contribution >= 4 is 0 Å². The Kier molecular flexibility index (Phi) is 5.99. The summed E-state index contributed by atoms with van der Waals surface area (Å²) in [6.45, 7) is 2.69. The van der Waals surface area contributed by atoms with Gasteiger partial charge in [0.25, 0.3) is 0 Å². The Morgan fingerprint density at radius 1 is 1.18 bits per heavy atom. The molecule has 1 N–H and O–H groups in total. The number of halogens is 1. The molecule has 7 heteroatoms. The van der Waals surface area contributed by atoms with E-state index in [1.165, 1.54) is 0 Å². The highest BCUT2D eigenvalue weighted by molar-refractivity contribution is 3.99. The van der Waals surface area contributed by atoms with Gasteiger partial charge in [0, 0.05) is 0 Å². The van der Waals surface area contributed by atoms with Crippen molar-refractivity contribution in [3.63, 3.8) is 0 Å². The van der Waals surface area contributed by atoms with E-state index < -0.39 is 10.2 Å². The Balaban J connectivity index is 0. The molecule has 6 nitrogen and oxygen atoms in total. The third kappa shape index (κ3) is 70.0. The lowest BCUT2D eigenvalue weighted by atomic mass is 10.7. The van der Waals surface area contributed by atoms with E-state index in [0.29, 0.717) is 0 Å². The Hall–Kier alpha value is 0.0500. The fourth-order valence-electron chi connectivity index (χ4n) is 0. The summed E-state index contributed by atoms with van der Waals surface area (Å²) in [7, 11) is -1.47. The fourth-order valence-corrected chi connectivity index (χ4v) is 0. The maximum absolute atomic E-state index is 8.76. The molecule has 0 aromatic rings. The summed E-state index contributed by atoms with van der Waals surface area (Å²) in [6.07, 6.45) is 0. The molecular weight excluding hydrogens is 177 g/mol. The van der Waals surface area contributed by atoms with Crippen LogP contribution in [0.2, 0.25) is 0 Å². The molecule has 0 spiro atoms. The molecule has 0 aliphatic carbocycles. The number of hydroxylamine groups is 3. The Morgan fingerprint density at radius 2 is 1.27 bits per heavy atom. The average Bonchev–Trinajstić information content (AvgIpc) is 1.59. The van der Waals surface area contributed by atoms with Crippen molar-refractivity contribution in [3.8, 4) is 0 Å². The summed E-state index contributed by atoms with van der Waals surface area (Å²) in [6, 6.07) is 0. The van der Waals surface area contributed by atoms with Gasteiger partial charge in [-0.3, -0.25) is 0 Å². The topological polar surface area (TPSA) is 112 Å². The summed E-state index contributed by atoms with van der Waals surface area (Å²) in [5.74, 6) is 0. The summed E-state index contributed by atoms with van der Waals surface area (Å²) in [5.41, 5.74) is 0. The van der Waals surface area contributed by atoms with Crippen molar-refractivity contribution in [1.29, 1.82) is 0 Å². The van der Waals surface area contributed by atoms with Gasteiger partial charge in [0.2, 0.25) is 0 Å². The first kappa shape index (κ1) is 13.6. The number of hydrogen-bond acceptors (Lipinski definition) is 5. The highest BCUT2D eigenvalue weighted by Gasteiger charge is 2.02. The van der Waals surface area contributed by atoms with E-state index >= 15 is 0 Å². The lowest BCUT2D eigenvalue weighted by Crippen LogP contribution is -2.68. The van der Waals surface area contributed by atoms with Crippen molar-refractivity contribution in [3.05, 3.63) is 0 Å². The smallest absolute Gasteiger partial charge is 0.105 e. The Labute approximate surface area is 67.2 Å². The van der Waals surface area contributed by atoms with Crippen molar-refractivity contribution in [1.82, 2.24) is 0 Å². The predicted molar refractivity (Wildman–Crippen MR) is 24.4 cm³/mol. The zero-order valence-electron chi connectivity index (χ0n) is 6.61. The lowest BCUT2D eigenvalue weighted by molar-refractivity contribution is -2.00. The zero-order valence-corrected chi connectivity index (χ0v) is 7.37. The van der Waals surface area contributed by atoms with Crippen LogP contribution in [-0.4, -0.2) is 30.5 Å². The third-order valence-electron chi connectivity index (χ3n) is 0.774. The van der Waals surface area contributed by atoms with Crippen molar-refractivity contribution in [2.75, 3.05) is 20.6 Å². The van der Waals surface area contributed by atoms with Gasteiger partial charge < -0.3 is 0 Å². The van der Waals surface area contributed by atoms with Crippen LogP contribution in [0.3, 0.4) is 0 Å². The SMILES string of the molecule is CC[N+](C)(C)O.[O-][Cl+3]([O-])([O-])[O-]. The molecule has 0 aliphatic rings. The summed E-state index contributed by atoms with van der Waals surface area (Å²) < 4.78 is 34.0. The highest BCUT2D eigenvalue weighted by atomic mass is 35.7. The maximum atomic E-state index is 8.76. The zero-order chi connectivity index (χ0) is 9.71. The summed E-state index contributed by atoms with van der Waals surface area (Å²) >= 11 is 0. The van der Waals surface area contributed by atoms with Crippen molar-refractivity contribution in [2.24, 2.45) is 0 Å². The standard InChI is InChI=1S/C4H12NO.ClHO4/c1-4-5(2,3)6;2-1(3,4)5/h6H,4H2,1-3H3;(H,2,3,4,5)/q+1;/p-1. The van der Waals surface area contributed by atoms with Gasteiger partial charge in [-0.1, -0.05) is 0 Å². The first-order chi connectivity index (χ1) is 4.56. The van der Waals surface area contributed by atoms with E-state index in [2.05, 4.69) is 0 Å². The minimum absolute atomic E-state index is 0.0694. The summed E-state index contributed by atoms with van der Waals surface area (Å²) in [5, 5.41) is 8.76. The lowest BCUT2D eigenvalue weighted by Gasteiger charge is -2.17. The van der Waals surface area contributed by atoms with Crippen LogP contribution in [-0.2, 0) is 0 Å². The molecule has 0 atom stereocenters. The molecule has 11 heavy (non-hydrogen) atoms. The van der Waals surface area contributed by atoms with Crippen molar-refractivity contribution < 1.29 is 38.7 Å². The molecule has 0 unspecified atom stereocenters. The molecule has 0 fully saturated rings. The second kappa shape index (κ2) is 4.83. The molecular formula is C4H12ClNO5. The molecule has 0 saturated carbocycles. The van der Waals surface area contributed by atoms with Gasteiger partial charge in [-0.2, -0.15) is 4.65 Å². The van der Waals surface area contributed by atoms with E-state index in [9.17, 15) is 0 Å². The molecule has 70 valence electrons. The third-order valence-corrected chi connectivity index (χ3v) is 0.774. The van der Waals surface area contributed by atoms with Crippen LogP contribution < -0.4 is 18.6 Å². The Morgan fingerprint density at radius 3 is 1.27 bits per heavy atom. The predicted octanol–water partition coefficient (Wildman–Crippen LogP) is -4.28. The van der Waals surface area contributed by atoms with Crippen molar-refractivity contribution in [2.45, 2.75) is 6.92 Å². The van der Waals surface area contributed by atoms with Gasteiger partial charge in [-0.05, 0) is 6.92 Å². The second-order valence-electron chi connectivity index (χ2n) is 2.32. The largest absolute Gasteiger partial charge is 0.222 e. The molecule has 0 amide bonds. The number of nitrogens with zero attached hydrogens (tertiary/aromatic N) is 1. The van der Waals surface area contributed by atoms with Gasteiger partial charge in [0.05, 0.1) is 14.1 Å². The van der Waals surface area contributed by atoms with Gasteiger partial charge >= 0.3 is 0 Å². The van der Waals surface area contributed by atoms with Crippen LogP contribution in [0.5, 0.6) is 0 Å². The molecule has 0 saturated heterocycles. The van der Waals surface area contributed by atoms with Crippen LogP contribution in [0.25, 0.3) is 0 Å². The molecule has 0 aromatic heterocycles. The number of quaternary nitrogens is 1. The van der Waals surface area contributed by atoms with Crippen LogP contribution >= 0.6 is 0 Å². The molecule has 0 aliphatic heterocycles. The Bertz CT molecular complexity index is 89.6. The molecule has 0 radical (unpaired) electrons. The summed E-state index contributed by atoms with van der Waals surface area (Å²) in [4.78, 5) is 0. The number of hydrogen-bond donors (Lipinski definition) is 1. The first-order valence-corrected chi connectivity index (χ1v) is 3.97. The average molecular weight is 190 g/mol. The fraction of sp³-hybridized carbons (Fsp3) is 1.00. The van der Waals surface area contributed by atoms with Gasteiger partial charge in [0.1, 0.15) is 6.54 Å². The maximum Gasteiger partial charge on any atom is 0.105 e. The molecule has 0 bridgehead atoms. The van der Waals surface area contributed by atoms with Crippen LogP contribution in [0, 0.1) is 10.2 Å². The minimum Gasteiger partial charge on any atom is -0.222 e. The van der Waals surface area contributed by atoms with Gasteiger partial charge in [-0.15, -0.1) is 10.2 Å². The van der Waals surface area contributed by atoms with Crippen LogP contribution in [0.1, 0.15) is 6.92 Å². The first-order valence-electron chi connectivity index (χ1n) is 2.73. The van der Waals surface area contributed by atoms with E-state index in [0.717, 1.165) is 6.54 Å². The van der Waals surface area contributed by atoms with E-state index in [1.807, 2.05) is 6.92 Å². The normalized spacial score (nSPS) is 12.0. The quantitative estimate of drug-likeness (QED) is 0.331. The molecule has 0 heterocycles. The monoisotopic (exact) mass is 189 g/mol. The van der Waals surface area contributed by atoms with E-state index in [-0.39, 0.29) is 4.65 Å². The molecule has 0 aromatic carbocycles. The van der Waals surface area contributed by atoms with E-state index in [4.69, 9.17) is 23.8 Å². The molecule has 0 rings (SSSR count). The van der Waals surface area contributed by atoms with Crippen LogP contribution in [0.4, 0.5) is 0 Å². The highest BCUT2D eigenvalue weighted by Crippen LogP contribution is 1.82. The number of rotatable bonds is 1. The second-order valence-corrected chi connectivity index (χ2v) is 3.07. The van der Waals surface area contributed by atoms with Gasteiger partial charge in [0.15, 0.2) is 0 Å². The van der Waals surface area contributed by atoms with Crippen LogP contribution in [0.15, 0.2) is 0 Å². The van der Waals surface area contributed by atoms with Gasteiger partial charge in [-0.25, -0.2) is 23.8 Å². The minimum atomic E-state index is -4.94.